The summed E-state index contributed by atoms with van der Waals surface area (Å²) in [5, 5.41) is 25.3. The van der Waals surface area contributed by atoms with Gasteiger partial charge in [-0.05, 0) is 58.7 Å². The van der Waals surface area contributed by atoms with Gasteiger partial charge in [0.05, 0.1) is 35.0 Å². The third kappa shape index (κ3) is 4.42. The fourth-order valence-electron chi connectivity index (χ4n) is 3.52. The summed E-state index contributed by atoms with van der Waals surface area (Å²) >= 11 is 0. The van der Waals surface area contributed by atoms with Crippen molar-refractivity contribution in [2.75, 3.05) is 13.6 Å². The predicted octanol–water partition coefficient (Wildman–Crippen LogP) is 3.98. The minimum absolute atomic E-state index is 0.174. The quantitative estimate of drug-likeness (QED) is 0.401. The van der Waals surface area contributed by atoms with Crippen LogP contribution in [0.3, 0.4) is 0 Å². The molecule has 0 saturated heterocycles. The Morgan fingerprint density at radius 2 is 2.06 bits per heavy atom. The molecule has 1 aliphatic heterocycles. The van der Waals surface area contributed by atoms with Crippen LogP contribution in [0.2, 0.25) is 0 Å². The third-order valence-electron chi connectivity index (χ3n) is 5.61. The molecular weight excluding hydrogens is 404 g/mol. The maximum absolute atomic E-state index is 12.9. The Labute approximate surface area is 189 Å². The van der Waals surface area contributed by atoms with Gasteiger partial charge in [0, 0.05) is 7.05 Å². The average molecular weight is 435 g/mol. The van der Waals surface area contributed by atoms with Crippen molar-refractivity contribution < 1.29 is 9.53 Å². The van der Waals surface area contributed by atoms with E-state index in [1.54, 1.807) is 25.8 Å². The molecule has 0 N–H and O–H groups in total. The van der Waals surface area contributed by atoms with Crippen LogP contribution in [0.1, 0.15) is 52.8 Å². The largest absolute Gasteiger partial charge is 0.428 e. The number of aromatic nitrogens is 3. The van der Waals surface area contributed by atoms with E-state index in [-0.39, 0.29) is 11.3 Å². The lowest BCUT2D eigenvalue weighted by Gasteiger charge is -2.29. The molecule has 0 spiro atoms. The number of nitriles is 1. The van der Waals surface area contributed by atoms with E-state index < -0.39 is 16.8 Å². The molecule has 8 nitrogen and oxygen atoms in total. The lowest BCUT2D eigenvalue weighted by atomic mass is 9.81. The van der Waals surface area contributed by atoms with Crippen molar-refractivity contribution in [1.82, 2.24) is 20.0 Å². The number of allylic oxidation sites excluding steroid dienone is 1. The monoisotopic (exact) mass is 434 g/mol. The summed E-state index contributed by atoms with van der Waals surface area (Å²) in [6.45, 7) is 11.7. The average Bonchev–Trinajstić information content (AvgIpc) is 3.32. The first-order valence-corrected chi connectivity index (χ1v) is 10.7. The van der Waals surface area contributed by atoms with Gasteiger partial charge in [-0.15, -0.1) is 5.10 Å². The molecule has 0 radical (unpaired) electrons. The number of hydrogen-bond donors (Lipinski definition) is 0. The van der Waals surface area contributed by atoms with Crippen LogP contribution in [0, 0.1) is 22.2 Å². The highest BCUT2D eigenvalue weighted by Crippen LogP contribution is 2.40. The zero-order valence-corrected chi connectivity index (χ0v) is 19.8. The number of hydrogen-bond acceptors (Lipinski definition) is 7. The van der Waals surface area contributed by atoms with Crippen molar-refractivity contribution in [1.29, 1.82) is 5.26 Å². The Morgan fingerprint density at radius 3 is 2.62 bits per heavy atom. The van der Waals surface area contributed by atoms with E-state index in [0.717, 1.165) is 23.4 Å². The number of esters is 1. The van der Waals surface area contributed by atoms with Crippen LogP contribution in [0.25, 0.3) is 11.3 Å². The molecule has 1 unspecified atom stereocenters. The number of benzene rings is 1. The normalized spacial score (nSPS) is 19.3. The summed E-state index contributed by atoms with van der Waals surface area (Å²) < 4.78 is 5.91. The van der Waals surface area contributed by atoms with Crippen molar-refractivity contribution in [3.8, 4) is 11.8 Å². The predicted molar refractivity (Wildman–Crippen MR) is 123 cm³/mol. The molecule has 1 atom stereocenters. The summed E-state index contributed by atoms with van der Waals surface area (Å²) in [4.78, 5) is 14.3. The first kappa shape index (κ1) is 23.2. The number of rotatable bonds is 5. The topological polar surface area (TPSA) is 96.4 Å². The third-order valence-corrected chi connectivity index (χ3v) is 5.61. The number of carbonyl (C=O) groups excluding carboxylic acids is 1. The second kappa shape index (κ2) is 8.58. The molecule has 168 valence electrons. The summed E-state index contributed by atoms with van der Waals surface area (Å²) in [7, 11) is 1.85. The molecular formula is C24H30N6O2. The van der Waals surface area contributed by atoms with Crippen LogP contribution in [0.4, 0.5) is 0 Å². The lowest BCUT2D eigenvalue weighted by Crippen LogP contribution is -2.36. The minimum Gasteiger partial charge on any atom is -0.428 e. The molecule has 8 heteroatoms. The minimum atomic E-state index is -0.757. The molecule has 0 bridgehead atoms. The second-order valence-corrected chi connectivity index (χ2v) is 9.33. The van der Waals surface area contributed by atoms with Crippen LogP contribution in [0.15, 0.2) is 41.3 Å². The number of ether oxygens (including phenoxy) is 1. The fraction of sp³-hybridized carbons (Fsp3) is 0.458. The van der Waals surface area contributed by atoms with Crippen LogP contribution >= 0.6 is 0 Å². The standard InChI is InChI=1S/C24H30N6O2/c1-8-17-10-9-11-18(12-17)30-26-14-20(28-30)19(13-25)21(32-22(31)23(3,4)5)24(6)15-29(7)27-16(24)2/h9-12,14H,8,15H2,1-7H3. The Kier molecular flexibility index (Phi) is 6.22. The van der Waals surface area contributed by atoms with Crippen LogP contribution in [0.5, 0.6) is 0 Å². The van der Waals surface area contributed by atoms with Gasteiger partial charge in [-0.1, -0.05) is 19.1 Å². The van der Waals surface area contributed by atoms with E-state index >= 15 is 0 Å². The van der Waals surface area contributed by atoms with E-state index in [9.17, 15) is 10.1 Å². The highest BCUT2D eigenvalue weighted by molar-refractivity contribution is 5.96. The SMILES string of the molecule is CCc1cccc(-n2ncc(C(C#N)=C(OC(=O)C(C)(C)C)C3(C)CN(C)N=C3C)n2)c1. The van der Waals surface area contributed by atoms with Gasteiger partial charge < -0.3 is 4.74 Å². The molecule has 0 amide bonds. The van der Waals surface area contributed by atoms with Gasteiger partial charge in [-0.3, -0.25) is 9.80 Å². The smallest absolute Gasteiger partial charge is 0.316 e. The molecule has 2 heterocycles. The van der Waals surface area contributed by atoms with Gasteiger partial charge in [-0.25, -0.2) is 0 Å². The maximum Gasteiger partial charge on any atom is 0.316 e. The van der Waals surface area contributed by atoms with Crippen molar-refractivity contribution in [3.05, 3.63) is 47.5 Å². The van der Waals surface area contributed by atoms with Gasteiger partial charge in [0.2, 0.25) is 0 Å². The molecule has 1 aliphatic rings. The summed E-state index contributed by atoms with van der Waals surface area (Å²) in [5.41, 5.74) is 1.73. The summed E-state index contributed by atoms with van der Waals surface area (Å²) in [6.07, 6.45) is 2.42. The zero-order valence-electron chi connectivity index (χ0n) is 19.8. The molecule has 1 aromatic heterocycles. The van der Waals surface area contributed by atoms with Crippen molar-refractivity contribution in [2.24, 2.45) is 15.9 Å². The summed E-state index contributed by atoms with van der Waals surface area (Å²) in [6, 6.07) is 10.1. The number of carbonyl (C=O) groups is 1. The van der Waals surface area contributed by atoms with E-state index in [4.69, 9.17) is 4.74 Å². The number of aryl methyl sites for hydroxylation is 1. The molecule has 3 rings (SSSR count). The Hall–Kier alpha value is -3.47. The first-order chi connectivity index (χ1) is 15.0. The van der Waals surface area contributed by atoms with E-state index in [0.29, 0.717) is 12.2 Å². The summed E-state index contributed by atoms with van der Waals surface area (Å²) in [5.74, 6) is -0.174. The fourth-order valence-corrected chi connectivity index (χ4v) is 3.52. The molecule has 1 aromatic carbocycles. The van der Waals surface area contributed by atoms with Crippen LogP contribution < -0.4 is 0 Å². The first-order valence-electron chi connectivity index (χ1n) is 10.7. The van der Waals surface area contributed by atoms with Crippen LogP contribution in [-0.4, -0.2) is 45.3 Å². The van der Waals surface area contributed by atoms with Gasteiger partial charge in [0.15, 0.2) is 0 Å². The van der Waals surface area contributed by atoms with Crippen molar-refractivity contribution >= 4 is 17.3 Å². The maximum atomic E-state index is 12.9. The van der Waals surface area contributed by atoms with Gasteiger partial charge in [0.1, 0.15) is 23.1 Å². The van der Waals surface area contributed by atoms with Gasteiger partial charge >= 0.3 is 5.97 Å². The number of hydrazone groups is 1. The Balaban J connectivity index is 2.14. The van der Waals surface area contributed by atoms with Crippen molar-refractivity contribution in [3.63, 3.8) is 0 Å². The molecule has 0 aliphatic carbocycles. The molecule has 0 fully saturated rings. The van der Waals surface area contributed by atoms with Crippen molar-refractivity contribution in [2.45, 2.75) is 48.0 Å². The Bertz CT molecular complexity index is 1130. The molecule has 2 aromatic rings. The van der Waals surface area contributed by atoms with E-state index in [1.165, 1.54) is 11.0 Å². The van der Waals surface area contributed by atoms with Gasteiger partial charge in [-0.2, -0.15) is 20.3 Å². The van der Waals surface area contributed by atoms with Crippen LogP contribution in [-0.2, 0) is 16.0 Å². The molecule has 32 heavy (non-hydrogen) atoms. The second-order valence-electron chi connectivity index (χ2n) is 9.33. The van der Waals surface area contributed by atoms with E-state index in [2.05, 4.69) is 28.3 Å². The van der Waals surface area contributed by atoms with Gasteiger partial charge in [0.25, 0.3) is 0 Å². The molecule has 0 saturated carbocycles. The highest BCUT2D eigenvalue weighted by Gasteiger charge is 2.44. The zero-order chi connectivity index (χ0) is 23.7. The Morgan fingerprint density at radius 1 is 1.34 bits per heavy atom. The highest BCUT2D eigenvalue weighted by atomic mass is 16.5. The number of nitrogens with zero attached hydrogens (tertiary/aromatic N) is 6. The van der Waals surface area contributed by atoms with E-state index in [1.807, 2.05) is 45.2 Å². The lowest BCUT2D eigenvalue weighted by molar-refractivity contribution is -0.149.